The van der Waals surface area contributed by atoms with E-state index in [0.29, 0.717) is 29.7 Å². The van der Waals surface area contributed by atoms with Crippen molar-refractivity contribution in [3.8, 4) is 0 Å². The fourth-order valence-electron chi connectivity index (χ4n) is 9.28. The third kappa shape index (κ3) is 18.9. The maximum Gasteiger partial charge on any atom is 0.244 e. The molecule has 442 valence electrons. The highest BCUT2D eigenvalue weighted by atomic mass is 32.1. The van der Waals surface area contributed by atoms with Gasteiger partial charge in [0, 0.05) is 91.0 Å². The van der Waals surface area contributed by atoms with Gasteiger partial charge in [0.25, 0.3) is 0 Å². The van der Waals surface area contributed by atoms with E-state index in [2.05, 4.69) is 80.1 Å². The van der Waals surface area contributed by atoms with Crippen molar-refractivity contribution in [3.05, 3.63) is 126 Å². The van der Waals surface area contributed by atoms with E-state index >= 15 is 0 Å². The van der Waals surface area contributed by atoms with Gasteiger partial charge in [-0.3, -0.25) is 48.1 Å². The first-order valence-corrected chi connectivity index (χ1v) is 27.9. The summed E-state index contributed by atoms with van der Waals surface area (Å²) in [5, 5.41) is 23.2. The molecule has 0 bridgehead atoms. The molecule has 0 fully saturated rings. The van der Waals surface area contributed by atoms with Crippen molar-refractivity contribution in [2.75, 3.05) is 12.3 Å². The highest BCUT2D eigenvalue weighted by Gasteiger charge is 2.35. The lowest BCUT2D eigenvalue weighted by Crippen LogP contribution is -2.61. The molecular formula is C57H74N16O9S. The Morgan fingerprint density at radius 3 is 1.57 bits per heavy atom. The van der Waals surface area contributed by atoms with Gasteiger partial charge in [0.05, 0.1) is 6.33 Å². The molecular weight excluding hydrogens is 1080 g/mol. The van der Waals surface area contributed by atoms with Crippen LogP contribution in [0.2, 0.25) is 0 Å². The van der Waals surface area contributed by atoms with E-state index in [-0.39, 0.29) is 56.8 Å². The second kappa shape index (κ2) is 31.1. The minimum atomic E-state index is -1.40. The van der Waals surface area contributed by atoms with Crippen molar-refractivity contribution in [3.63, 3.8) is 0 Å². The summed E-state index contributed by atoms with van der Waals surface area (Å²) in [4.78, 5) is 142. The average Bonchev–Trinajstić information content (AvgIpc) is 4.41. The molecule has 8 atom stereocenters. The number of aliphatic imine (C=N–C) groups is 1. The summed E-state index contributed by atoms with van der Waals surface area (Å²) < 4.78 is 0. The zero-order valence-electron chi connectivity index (χ0n) is 46.5. The molecule has 6 rings (SSSR count). The Labute approximate surface area is 484 Å². The standard InChI is InChI=1S/C57H74N16O9S/c1-4-5-18-42(67-33(3)74)51(77)66-32(2)50(76)70-47(26-37-29-61-31-65-37)55(81)71-45(23-34-14-7-6-8-15-34)53(79)68-43(21-13-22-62-57(59)60)52(78)72-46(25-36-28-64-41-20-12-10-17-39(36)41)54(80)73-48(30-83)56(82)69-44(49(58)75)24-35-27-63-40-19-11-9-16-38(35)40/h6-12,14-17,19-20,27-29,31-32,42-48,63-64,83H,4-5,13,18,21-26,30H2,1-3H3,(H2,58,75)(H,61,65)(H,66,77)(H,67,74)(H,68,79)(H,69,82)(H,70,76)(H,71,81)(H,72,78)(H,73,80)(H4,59,60,62)/t32-,42-,43-,44-,45+,46-,47-,48-/m0/s1. The number of hydrogen-bond donors (Lipinski definition) is 15. The number of carbonyl (C=O) groups excluding carboxylic acids is 9. The van der Waals surface area contributed by atoms with E-state index in [1.54, 1.807) is 42.7 Å². The third-order valence-electron chi connectivity index (χ3n) is 13.7. The molecule has 0 spiro atoms. The number of rotatable bonds is 32. The minimum Gasteiger partial charge on any atom is -0.370 e. The van der Waals surface area contributed by atoms with Crippen LogP contribution in [0.1, 0.15) is 75.3 Å². The molecule has 0 radical (unpaired) electrons. The topological polar surface area (TPSA) is 401 Å². The van der Waals surface area contributed by atoms with Crippen LogP contribution in [0.5, 0.6) is 0 Å². The van der Waals surface area contributed by atoms with Gasteiger partial charge in [0.1, 0.15) is 48.3 Å². The monoisotopic (exact) mass is 1160 g/mol. The lowest BCUT2D eigenvalue weighted by molar-refractivity contribution is -0.135. The predicted molar refractivity (Wildman–Crippen MR) is 316 cm³/mol. The lowest BCUT2D eigenvalue weighted by Gasteiger charge is -2.28. The number of para-hydroxylation sites is 2. The van der Waals surface area contributed by atoms with Crippen LogP contribution in [0, 0.1) is 0 Å². The second-order valence-electron chi connectivity index (χ2n) is 20.1. The number of nitrogens with one attached hydrogen (secondary N) is 11. The number of nitrogens with zero attached hydrogens (tertiary/aromatic N) is 2. The summed E-state index contributed by atoms with van der Waals surface area (Å²) in [6, 6.07) is 13.3. The maximum atomic E-state index is 14.8. The van der Waals surface area contributed by atoms with Gasteiger partial charge in [-0.15, -0.1) is 0 Å². The zero-order chi connectivity index (χ0) is 60.0. The number of guanidine groups is 1. The van der Waals surface area contributed by atoms with Crippen LogP contribution >= 0.6 is 12.6 Å². The number of primary amides is 1. The smallest absolute Gasteiger partial charge is 0.244 e. The van der Waals surface area contributed by atoms with E-state index in [9.17, 15) is 43.2 Å². The fraction of sp³-hybridized carbons (Fsp3) is 0.386. The van der Waals surface area contributed by atoms with Crippen LogP contribution in [0.3, 0.4) is 0 Å². The first-order chi connectivity index (χ1) is 39.8. The molecule has 26 heteroatoms. The van der Waals surface area contributed by atoms with Crippen molar-refractivity contribution in [2.24, 2.45) is 22.2 Å². The van der Waals surface area contributed by atoms with Gasteiger partial charge in [0.15, 0.2) is 5.96 Å². The van der Waals surface area contributed by atoms with Gasteiger partial charge in [0.2, 0.25) is 53.2 Å². The molecule has 0 saturated carbocycles. The molecule has 3 heterocycles. The quantitative estimate of drug-likeness (QED) is 0.0117. The van der Waals surface area contributed by atoms with Gasteiger partial charge in [-0.05, 0) is 55.0 Å². The van der Waals surface area contributed by atoms with E-state index < -0.39 is 101 Å². The van der Waals surface area contributed by atoms with Crippen LogP contribution in [-0.2, 0) is 68.8 Å². The molecule has 0 aliphatic heterocycles. The summed E-state index contributed by atoms with van der Waals surface area (Å²) in [5.74, 6) is -7.08. The molecule has 0 aliphatic rings. The summed E-state index contributed by atoms with van der Waals surface area (Å²) in [6.07, 6.45) is 7.70. The van der Waals surface area contributed by atoms with Gasteiger partial charge in [-0.1, -0.05) is 86.5 Å². The molecule has 9 amide bonds. The Hall–Kier alpha value is -9.20. The molecule has 0 unspecified atom stereocenters. The number of nitrogens with two attached hydrogens (primary N) is 3. The van der Waals surface area contributed by atoms with Crippen LogP contribution in [0.4, 0.5) is 0 Å². The van der Waals surface area contributed by atoms with Crippen LogP contribution in [0.25, 0.3) is 21.8 Å². The van der Waals surface area contributed by atoms with Crippen molar-refractivity contribution in [1.29, 1.82) is 0 Å². The number of amides is 9. The number of aromatic nitrogens is 4. The van der Waals surface area contributed by atoms with Crippen molar-refractivity contribution < 1.29 is 43.2 Å². The second-order valence-corrected chi connectivity index (χ2v) is 20.5. The van der Waals surface area contributed by atoms with E-state index in [1.807, 2.05) is 55.5 Å². The number of hydrogen-bond acceptors (Lipinski definition) is 12. The van der Waals surface area contributed by atoms with Crippen molar-refractivity contribution in [2.45, 2.75) is 127 Å². The Kier molecular flexibility index (Phi) is 23.6. The van der Waals surface area contributed by atoms with Crippen molar-refractivity contribution in [1.82, 2.24) is 62.5 Å². The largest absolute Gasteiger partial charge is 0.370 e. The molecule has 83 heavy (non-hydrogen) atoms. The number of aromatic amines is 3. The first kappa shape index (κ1) is 63.0. The normalized spacial score (nSPS) is 14.0. The highest BCUT2D eigenvalue weighted by Crippen LogP contribution is 2.21. The molecule has 25 nitrogen and oxygen atoms in total. The Morgan fingerprint density at radius 1 is 0.542 bits per heavy atom. The maximum absolute atomic E-state index is 14.8. The van der Waals surface area contributed by atoms with Gasteiger partial charge in [-0.2, -0.15) is 12.6 Å². The predicted octanol–water partition coefficient (Wildman–Crippen LogP) is 0.220. The molecule has 3 aromatic carbocycles. The SMILES string of the molecule is CCCC[C@H](NC(C)=O)C(=O)N[C@@H](C)C(=O)N[C@@H](Cc1cnc[nH]1)C(=O)N[C@H](Cc1ccccc1)C(=O)N[C@@H](CCCN=C(N)N)C(=O)N[C@@H](Cc1c[nH]c2ccccc12)C(=O)N[C@@H](CS)C(=O)N[C@@H](Cc1c[nH]c2ccccc12)C(N)=O. The molecule has 0 aliphatic carbocycles. The Balaban J connectivity index is 1.25. The summed E-state index contributed by atoms with van der Waals surface area (Å²) in [6.45, 7) is 4.68. The number of benzene rings is 3. The minimum absolute atomic E-state index is 0.0366. The van der Waals surface area contributed by atoms with E-state index in [4.69, 9.17) is 17.2 Å². The highest BCUT2D eigenvalue weighted by molar-refractivity contribution is 7.80. The number of H-pyrrole nitrogens is 3. The van der Waals surface area contributed by atoms with Gasteiger partial charge in [-0.25, -0.2) is 4.98 Å². The molecule has 17 N–H and O–H groups in total. The lowest BCUT2D eigenvalue weighted by atomic mass is 10.0. The Morgan fingerprint density at radius 2 is 1.01 bits per heavy atom. The molecule has 0 saturated heterocycles. The molecule has 6 aromatic rings. The third-order valence-corrected chi connectivity index (χ3v) is 14.1. The fourth-order valence-corrected chi connectivity index (χ4v) is 9.54. The van der Waals surface area contributed by atoms with E-state index in [0.717, 1.165) is 33.8 Å². The summed E-state index contributed by atoms with van der Waals surface area (Å²) >= 11 is 4.38. The van der Waals surface area contributed by atoms with Crippen LogP contribution in [-0.4, -0.2) is 140 Å². The van der Waals surface area contributed by atoms with Gasteiger partial charge >= 0.3 is 0 Å². The number of carbonyl (C=O) groups is 9. The van der Waals surface area contributed by atoms with Gasteiger partial charge < -0.3 is 74.7 Å². The zero-order valence-corrected chi connectivity index (χ0v) is 47.4. The number of thiol groups is 1. The van der Waals surface area contributed by atoms with Crippen LogP contribution < -0.4 is 59.7 Å². The van der Waals surface area contributed by atoms with Crippen molar-refractivity contribution >= 4 is 93.6 Å². The van der Waals surface area contributed by atoms with E-state index in [1.165, 1.54) is 26.4 Å². The summed E-state index contributed by atoms with van der Waals surface area (Å²) in [5.41, 5.74) is 21.0. The Bertz CT molecular complexity index is 3220. The molecule has 3 aromatic heterocycles. The number of unbranched alkanes of at least 4 members (excludes halogenated alkanes) is 1. The summed E-state index contributed by atoms with van der Waals surface area (Å²) in [7, 11) is 0. The van der Waals surface area contributed by atoms with Crippen LogP contribution in [0.15, 0.2) is 109 Å². The number of imidazole rings is 1. The first-order valence-electron chi connectivity index (χ1n) is 27.3. The number of fused-ring (bicyclic) bond motifs is 2. The average molecular weight is 1160 g/mol.